The average molecular weight is 599 g/mol. The first-order valence-electron chi connectivity index (χ1n) is 12.8. The molecule has 2 aromatic carbocycles. The Balaban J connectivity index is 1.15. The second kappa shape index (κ2) is 12.4. The van der Waals surface area contributed by atoms with Gasteiger partial charge in [-0.15, -0.1) is 4.37 Å². The van der Waals surface area contributed by atoms with Crippen molar-refractivity contribution in [2.45, 2.75) is 19.7 Å². The molecule has 1 saturated heterocycles. The minimum absolute atomic E-state index is 0.0495. The zero-order valence-electron chi connectivity index (χ0n) is 22.3. The lowest BCUT2D eigenvalue weighted by atomic mass is 10.1. The van der Waals surface area contributed by atoms with Gasteiger partial charge < -0.3 is 19.9 Å². The molecule has 3 amide bonds. The van der Waals surface area contributed by atoms with Crippen molar-refractivity contribution in [2.24, 2.45) is 0 Å². The lowest BCUT2D eigenvalue weighted by molar-refractivity contribution is -0.137. The number of aryl methyl sites for hydroxylation is 1. The standard InChI is InChI=1S/C27H25F3N8O3S/c1-17-13-19(27(28,29)30)15-21(14-17)33-26(40)38-11-9-37(10-12-38)22-24(36-42-35-22)41-16-20-7-8-31-25(32-20)34-23(39)18-5-3-2-4-6-18/h2-8,13-15H,9-12,16H2,1H3,(H,33,40)(H,31,32,34,39). The van der Waals surface area contributed by atoms with Gasteiger partial charge in [0, 0.05) is 43.6 Å². The number of amides is 3. The molecule has 11 nitrogen and oxygen atoms in total. The summed E-state index contributed by atoms with van der Waals surface area (Å²) in [5.74, 6) is 0.611. The van der Waals surface area contributed by atoms with Crippen molar-refractivity contribution >= 4 is 41.1 Å². The number of carbonyl (C=O) groups is 2. The topological polar surface area (TPSA) is 125 Å². The van der Waals surface area contributed by atoms with Crippen molar-refractivity contribution in [2.75, 3.05) is 41.7 Å². The number of aromatic nitrogens is 4. The Bertz CT molecular complexity index is 1560. The minimum atomic E-state index is -4.51. The SMILES string of the molecule is Cc1cc(NC(=O)N2CCN(c3nsnc3OCc3ccnc(NC(=O)c4ccccc4)n3)CC2)cc(C(F)(F)F)c1. The molecule has 0 saturated carbocycles. The molecule has 4 aromatic rings. The predicted molar refractivity (Wildman–Crippen MR) is 150 cm³/mol. The maximum atomic E-state index is 13.2. The van der Waals surface area contributed by atoms with Crippen LogP contribution in [0.5, 0.6) is 5.88 Å². The monoisotopic (exact) mass is 598 g/mol. The third kappa shape index (κ3) is 7.09. The Kier molecular flexibility index (Phi) is 8.47. The van der Waals surface area contributed by atoms with Gasteiger partial charge in [0.2, 0.25) is 11.8 Å². The number of piperazine rings is 1. The number of benzene rings is 2. The lowest BCUT2D eigenvalue weighted by Crippen LogP contribution is -2.50. The van der Waals surface area contributed by atoms with Gasteiger partial charge in [0.25, 0.3) is 11.8 Å². The van der Waals surface area contributed by atoms with Crippen LogP contribution in [0.1, 0.15) is 27.2 Å². The number of hydrogen-bond acceptors (Lipinski definition) is 9. The molecule has 0 spiro atoms. The normalized spacial score (nSPS) is 13.5. The number of nitrogens with one attached hydrogen (secondary N) is 2. The summed E-state index contributed by atoms with van der Waals surface area (Å²) in [6.45, 7) is 3.06. The Morgan fingerprint density at radius 1 is 1.00 bits per heavy atom. The first kappa shape index (κ1) is 28.7. The van der Waals surface area contributed by atoms with Gasteiger partial charge in [0.1, 0.15) is 6.61 Å². The maximum absolute atomic E-state index is 13.2. The van der Waals surface area contributed by atoms with Gasteiger partial charge in [0.15, 0.2) is 0 Å². The highest BCUT2D eigenvalue weighted by Gasteiger charge is 2.31. The van der Waals surface area contributed by atoms with Gasteiger partial charge in [-0.3, -0.25) is 10.1 Å². The van der Waals surface area contributed by atoms with E-state index in [-0.39, 0.29) is 24.1 Å². The number of anilines is 3. The van der Waals surface area contributed by atoms with E-state index in [9.17, 15) is 22.8 Å². The molecular weight excluding hydrogens is 573 g/mol. The summed E-state index contributed by atoms with van der Waals surface area (Å²) in [4.78, 5) is 37.0. The van der Waals surface area contributed by atoms with Crippen molar-refractivity contribution in [3.63, 3.8) is 0 Å². The molecule has 0 atom stereocenters. The fourth-order valence-electron chi connectivity index (χ4n) is 4.24. The number of urea groups is 1. The molecule has 1 aliphatic heterocycles. The fraction of sp³-hybridized carbons (Fsp3) is 0.259. The number of halogens is 3. The molecule has 218 valence electrons. The summed E-state index contributed by atoms with van der Waals surface area (Å²) in [6, 6.07) is 13.3. The van der Waals surface area contributed by atoms with Gasteiger partial charge >= 0.3 is 12.2 Å². The van der Waals surface area contributed by atoms with E-state index in [1.165, 1.54) is 17.2 Å². The minimum Gasteiger partial charge on any atom is -0.468 e. The number of carbonyl (C=O) groups excluding carboxylic acids is 2. The van der Waals surface area contributed by atoms with Crippen LogP contribution in [-0.2, 0) is 12.8 Å². The van der Waals surface area contributed by atoms with Crippen LogP contribution in [0, 0.1) is 6.92 Å². The third-order valence-electron chi connectivity index (χ3n) is 6.30. The van der Waals surface area contributed by atoms with Crippen LogP contribution >= 0.6 is 11.7 Å². The van der Waals surface area contributed by atoms with E-state index >= 15 is 0 Å². The van der Waals surface area contributed by atoms with Crippen molar-refractivity contribution in [3.8, 4) is 5.88 Å². The van der Waals surface area contributed by atoms with Crippen LogP contribution < -0.4 is 20.3 Å². The molecule has 3 heterocycles. The van der Waals surface area contributed by atoms with E-state index in [1.807, 2.05) is 11.0 Å². The molecule has 0 radical (unpaired) electrons. The largest absolute Gasteiger partial charge is 0.468 e. The molecule has 1 aliphatic rings. The van der Waals surface area contributed by atoms with Crippen LogP contribution in [-0.4, -0.2) is 61.7 Å². The van der Waals surface area contributed by atoms with Crippen LogP contribution in [0.4, 0.5) is 35.4 Å². The first-order valence-corrected chi connectivity index (χ1v) is 13.5. The van der Waals surface area contributed by atoms with Crippen molar-refractivity contribution in [1.82, 2.24) is 23.6 Å². The lowest BCUT2D eigenvalue weighted by Gasteiger charge is -2.34. The quantitative estimate of drug-likeness (QED) is 0.310. The Hall–Kier alpha value is -4.79. The first-order chi connectivity index (χ1) is 20.2. The molecule has 0 unspecified atom stereocenters. The number of ether oxygens (including phenoxy) is 1. The number of rotatable bonds is 7. The summed E-state index contributed by atoms with van der Waals surface area (Å²) in [5, 5.41) is 5.23. The fourth-order valence-corrected chi connectivity index (χ4v) is 4.77. The summed E-state index contributed by atoms with van der Waals surface area (Å²) < 4.78 is 53.9. The highest BCUT2D eigenvalue weighted by atomic mass is 32.1. The zero-order valence-corrected chi connectivity index (χ0v) is 23.1. The Morgan fingerprint density at radius 3 is 2.50 bits per heavy atom. The molecule has 5 rings (SSSR count). The molecule has 2 N–H and O–H groups in total. The smallest absolute Gasteiger partial charge is 0.416 e. The van der Waals surface area contributed by atoms with Crippen LogP contribution in [0.3, 0.4) is 0 Å². The second-order valence-corrected chi connectivity index (χ2v) is 9.89. The summed E-state index contributed by atoms with van der Waals surface area (Å²) in [7, 11) is 0. The van der Waals surface area contributed by atoms with E-state index in [0.717, 1.165) is 23.9 Å². The predicted octanol–water partition coefficient (Wildman–Crippen LogP) is 4.84. The molecular formula is C27H25F3N8O3S. The Labute approximate surface area is 242 Å². The molecule has 0 bridgehead atoms. The Morgan fingerprint density at radius 2 is 1.76 bits per heavy atom. The molecule has 42 heavy (non-hydrogen) atoms. The van der Waals surface area contributed by atoms with Gasteiger partial charge in [-0.1, -0.05) is 18.2 Å². The van der Waals surface area contributed by atoms with Gasteiger partial charge in [-0.05, 0) is 48.9 Å². The van der Waals surface area contributed by atoms with Crippen molar-refractivity contribution in [3.05, 3.63) is 83.2 Å². The molecule has 2 aromatic heterocycles. The van der Waals surface area contributed by atoms with Gasteiger partial charge in [-0.2, -0.15) is 17.5 Å². The van der Waals surface area contributed by atoms with E-state index < -0.39 is 17.8 Å². The van der Waals surface area contributed by atoms with Crippen molar-refractivity contribution in [1.29, 1.82) is 0 Å². The van der Waals surface area contributed by atoms with Gasteiger partial charge in [-0.25, -0.2) is 14.8 Å². The van der Waals surface area contributed by atoms with Crippen LogP contribution in [0.25, 0.3) is 0 Å². The second-order valence-electron chi connectivity index (χ2n) is 9.36. The van der Waals surface area contributed by atoms with E-state index in [4.69, 9.17) is 4.74 Å². The summed E-state index contributed by atoms with van der Waals surface area (Å²) in [6.07, 6.45) is -3.00. The molecule has 15 heteroatoms. The van der Waals surface area contributed by atoms with E-state index in [2.05, 4.69) is 29.3 Å². The average Bonchev–Trinajstić information content (AvgIpc) is 3.45. The third-order valence-corrected chi connectivity index (χ3v) is 6.80. The van der Waals surface area contributed by atoms with Crippen LogP contribution in [0.15, 0.2) is 60.8 Å². The maximum Gasteiger partial charge on any atom is 0.416 e. The van der Waals surface area contributed by atoms with E-state index in [0.29, 0.717) is 54.7 Å². The number of alkyl halides is 3. The number of hydrogen-bond donors (Lipinski definition) is 2. The number of nitrogens with zero attached hydrogens (tertiary/aromatic N) is 6. The van der Waals surface area contributed by atoms with Crippen LogP contribution in [0.2, 0.25) is 0 Å². The highest BCUT2D eigenvalue weighted by molar-refractivity contribution is 6.99. The summed E-state index contributed by atoms with van der Waals surface area (Å²) >= 11 is 0.976. The summed E-state index contributed by atoms with van der Waals surface area (Å²) in [5.41, 5.74) is 0.648. The highest BCUT2D eigenvalue weighted by Crippen LogP contribution is 2.32. The molecule has 0 aliphatic carbocycles. The van der Waals surface area contributed by atoms with Gasteiger partial charge in [0.05, 0.1) is 23.0 Å². The van der Waals surface area contributed by atoms with E-state index in [1.54, 1.807) is 37.3 Å². The zero-order chi connectivity index (χ0) is 29.7. The molecule has 1 fully saturated rings. The van der Waals surface area contributed by atoms with Crippen molar-refractivity contribution < 1.29 is 27.5 Å².